The molecule has 27 heavy (non-hydrogen) atoms. The summed E-state index contributed by atoms with van der Waals surface area (Å²) in [5.74, 6) is 0.559. The van der Waals surface area contributed by atoms with Crippen molar-refractivity contribution >= 4 is 34.0 Å². The summed E-state index contributed by atoms with van der Waals surface area (Å²) in [7, 11) is 0. The third-order valence-corrected chi connectivity index (χ3v) is 7.37. The van der Waals surface area contributed by atoms with Gasteiger partial charge in [-0.25, -0.2) is 4.68 Å². The van der Waals surface area contributed by atoms with Crippen LogP contribution in [0.4, 0.5) is 5.00 Å². The van der Waals surface area contributed by atoms with E-state index in [1.807, 2.05) is 4.68 Å². The van der Waals surface area contributed by atoms with Gasteiger partial charge >= 0.3 is 0 Å². The highest BCUT2D eigenvalue weighted by Crippen LogP contribution is 2.37. The van der Waals surface area contributed by atoms with Gasteiger partial charge in [-0.15, -0.1) is 16.4 Å². The average Bonchev–Trinajstić information content (AvgIpc) is 3.40. The number of aromatic nitrogens is 4. The number of tetrazole rings is 1. The predicted molar refractivity (Wildman–Crippen MR) is 105 cm³/mol. The van der Waals surface area contributed by atoms with Gasteiger partial charge in [0.25, 0.3) is 0 Å². The van der Waals surface area contributed by atoms with Crippen molar-refractivity contribution < 1.29 is 4.79 Å². The third-order valence-electron chi connectivity index (χ3n) is 5.23. The molecule has 1 saturated carbocycles. The molecule has 0 spiro atoms. The molecule has 4 rings (SSSR count). The maximum absolute atomic E-state index is 12.4. The summed E-state index contributed by atoms with van der Waals surface area (Å²) >= 11 is 3.09. The number of carbonyl (C=O) groups excluding carboxylic acids is 1. The molecule has 0 atom stereocenters. The summed E-state index contributed by atoms with van der Waals surface area (Å²) in [5.41, 5.74) is 1.81. The van der Waals surface area contributed by atoms with Gasteiger partial charge in [0.1, 0.15) is 11.1 Å². The molecule has 1 amide bonds. The maximum atomic E-state index is 12.4. The number of anilines is 1. The number of hydrogen-bond acceptors (Lipinski definition) is 7. The molecule has 9 heteroatoms. The van der Waals surface area contributed by atoms with E-state index in [9.17, 15) is 10.1 Å². The normalized spacial score (nSPS) is 16.9. The molecule has 0 saturated heterocycles. The van der Waals surface area contributed by atoms with E-state index in [4.69, 9.17) is 0 Å². The zero-order chi connectivity index (χ0) is 18.6. The van der Waals surface area contributed by atoms with E-state index < -0.39 is 0 Å². The van der Waals surface area contributed by atoms with Crippen molar-refractivity contribution in [3.63, 3.8) is 0 Å². The second-order valence-corrected chi connectivity index (χ2v) is 9.19. The first kappa shape index (κ1) is 18.4. The van der Waals surface area contributed by atoms with Gasteiger partial charge < -0.3 is 5.32 Å². The highest BCUT2D eigenvalue weighted by atomic mass is 32.2. The van der Waals surface area contributed by atoms with Crippen LogP contribution in [-0.4, -0.2) is 31.9 Å². The number of rotatable bonds is 6. The van der Waals surface area contributed by atoms with Crippen molar-refractivity contribution in [2.75, 3.05) is 11.1 Å². The Bertz CT molecular complexity index is 862. The monoisotopic (exact) mass is 402 g/mol. The Hall–Kier alpha value is -1.92. The molecule has 1 N–H and O–H groups in total. The first-order chi connectivity index (χ1) is 13.3. The summed E-state index contributed by atoms with van der Waals surface area (Å²) < 4.78 is 1.91. The molecule has 0 bridgehead atoms. The molecule has 7 nitrogen and oxygen atoms in total. The Kier molecular flexibility index (Phi) is 5.74. The molecular formula is C18H22N6OS2. The Morgan fingerprint density at radius 1 is 1.30 bits per heavy atom. The lowest BCUT2D eigenvalue weighted by molar-refractivity contribution is -0.115. The van der Waals surface area contributed by atoms with Crippen LogP contribution in [0.2, 0.25) is 0 Å². The lowest BCUT2D eigenvalue weighted by atomic mass is 9.96. The van der Waals surface area contributed by atoms with Crippen molar-refractivity contribution in [2.24, 2.45) is 0 Å². The van der Waals surface area contributed by atoms with E-state index in [1.54, 1.807) is 11.3 Å². The molecule has 2 aromatic rings. The van der Waals surface area contributed by atoms with Gasteiger partial charge in [-0.3, -0.25) is 4.79 Å². The fourth-order valence-corrected chi connectivity index (χ4v) is 5.99. The largest absolute Gasteiger partial charge is 0.317 e. The average molecular weight is 403 g/mol. The molecule has 2 heterocycles. The number of amides is 1. The highest BCUT2D eigenvalue weighted by molar-refractivity contribution is 7.99. The molecule has 1 fully saturated rings. The van der Waals surface area contributed by atoms with Crippen LogP contribution in [0, 0.1) is 11.3 Å². The minimum atomic E-state index is -0.0579. The van der Waals surface area contributed by atoms with Crippen LogP contribution in [0.3, 0.4) is 0 Å². The maximum Gasteiger partial charge on any atom is 0.225 e. The Morgan fingerprint density at radius 2 is 2.11 bits per heavy atom. The number of aryl methyl sites for hydroxylation is 1. The van der Waals surface area contributed by atoms with Crippen molar-refractivity contribution in [3.8, 4) is 6.07 Å². The number of thiophene rings is 1. The van der Waals surface area contributed by atoms with Crippen LogP contribution in [0.15, 0.2) is 5.16 Å². The molecule has 0 aromatic carbocycles. The molecule has 142 valence electrons. The van der Waals surface area contributed by atoms with Crippen molar-refractivity contribution in [2.45, 2.75) is 69.0 Å². The first-order valence-corrected chi connectivity index (χ1v) is 11.3. The highest BCUT2D eigenvalue weighted by Gasteiger charge is 2.23. The SMILES string of the molecule is N#Cc1c(NC(=O)CCSc2nnnn2C2CCCC2)sc2c1CCCC2. The van der Waals surface area contributed by atoms with Crippen molar-refractivity contribution in [1.82, 2.24) is 20.2 Å². The van der Waals surface area contributed by atoms with Gasteiger partial charge in [0.05, 0.1) is 11.6 Å². The number of nitriles is 1. The van der Waals surface area contributed by atoms with Crippen LogP contribution in [0.25, 0.3) is 0 Å². The van der Waals surface area contributed by atoms with E-state index in [-0.39, 0.29) is 5.91 Å². The molecule has 2 aliphatic carbocycles. The van der Waals surface area contributed by atoms with Crippen LogP contribution in [-0.2, 0) is 17.6 Å². The Morgan fingerprint density at radius 3 is 2.93 bits per heavy atom. The number of hydrogen-bond donors (Lipinski definition) is 1. The number of fused-ring (bicyclic) bond motifs is 1. The van der Waals surface area contributed by atoms with Crippen LogP contribution in [0.1, 0.15) is 67.0 Å². The second kappa shape index (κ2) is 8.40. The third kappa shape index (κ3) is 4.01. The number of nitrogens with one attached hydrogen (secondary N) is 1. The van der Waals surface area contributed by atoms with Gasteiger partial charge in [0.2, 0.25) is 11.1 Å². The number of nitrogens with zero attached hydrogens (tertiary/aromatic N) is 5. The molecule has 0 aliphatic heterocycles. The quantitative estimate of drug-likeness (QED) is 0.740. The zero-order valence-electron chi connectivity index (χ0n) is 15.1. The number of thioether (sulfide) groups is 1. The second-order valence-electron chi connectivity index (χ2n) is 7.02. The fourth-order valence-electron chi connectivity index (χ4n) is 3.85. The van der Waals surface area contributed by atoms with Gasteiger partial charge in [0, 0.05) is 17.1 Å². The Labute approximate surface area is 166 Å². The predicted octanol–water partition coefficient (Wildman–Crippen LogP) is 3.72. The van der Waals surface area contributed by atoms with Gasteiger partial charge in [-0.1, -0.05) is 24.6 Å². The van der Waals surface area contributed by atoms with Gasteiger partial charge in [-0.05, 0) is 54.5 Å². The standard InChI is InChI=1S/C18H22N6OS2/c19-11-14-13-7-3-4-8-15(13)27-17(14)20-16(25)9-10-26-18-21-22-23-24(18)12-5-1-2-6-12/h12H,1-10H2,(H,20,25). The van der Waals surface area contributed by atoms with E-state index in [0.717, 1.165) is 54.2 Å². The minimum absolute atomic E-state index is 0.0579. The number of carbonyl (C=O) groups is 1. The van der Waals surface area contributed by atoms with Crippen LogP contribution < -0.4 is 5.32 Å². The summed E-state index contributed by atoms with van der Waals surface area (Å²) in [6.45, 7) is 0. The lowest BCUT2D eigenvalue weighted by Crippen LogP contribution is -2.13. The van der Waals surface area contributed by atoms with E-state index >= 15 is 0 Å². The summed E-state index contributed by atoms with van der Waals surface area (Å²) in [5, 5.41) is 26.0. The van der Waals surface area contributed by atoms with Crippen LogP contribution >= 0.6 is 23.1 Å². The van der Waals surface area contributed by atoms with E-state index in [2.05, 4.69) is 26.9 Å². The molecule has 2 aromatic heterocycles. The molecule has 2 aliphatic rings. The zero-order valence-corrected chi connectivity index (χ0v) is 16.7. The van der Waals surface area contributed by atoms with Gasteiger partial charge in [0.15, 0.2) is 0 Å². The minimum Gasteiger partial charge on any atom is -0.317 e. The molecule has 0 unspecified atom stereocenters. The summed E-state index contributed by atoms with van der Waals surface area (Å²) in [6, 6.07) is 2.68. The Balaban J connectivity index is 1.33. The topological polar surface area (TPSA) is 96.5 Å². The fraction of sp³-hybridized carbons (Fsp3) is 0.611. The van der Waals surface area contributed by atoms with E-state index in [0.29, 0.717) is 23.8 Å². The molecular weight excluding hydrogens is 380 g/mol. The first-order valence-electron chi connectivity index (χ1n) is 9.51. The smallest absolute Gasteiger partial charge is 0.225 e. The van der Waals surface area contributed by atoms with Crippen LogP contribution in [0.5, 0.6) is 0 Å². The summed E-state index contributed by atoms with van der Waals surface area (Å²) in [6.07, 6.45) is 9.32. The lowest BCUT2D eigenvalue weighted by Gasteiger charge is -2.10. The van der Waals surface area contributed by atoms with E-state index in [1.165, 1.54) is 29.5 Å². The summed E-state index contributed by atoms with van der Waals surface area (Å²) in [4.78, 5) is 13.6. The molecule has 0 radical (unpaired) electrons. The van der Waals surface area contributed by atoms with Crippen molar-refractivity contribution in [1.29, 1.82) is 5.26 Å². The van der Waals surface area contributed by atoms with Crippen molar-refractivity contribution in [3.05, 3.63) is 16.0 Å². The van der Waals surface area contributed by atoms with Gasteiger partial charge in [-0.2, -0.15) is 5.26 Å².